The Kier molecular flexibility index (Phi) is 7.38. The summed E-state index contributed by atoms with van der Waals surface area (Å²) in [4.78, 5) is 23.9. The first-order valence-electron chi connectivity index (χ1n) is 8.81. The monoisotopic (exact) mass is 394 g/mol. The van der Waals surface area contributed by atoms with Crippen molar-refractivity contribution in [3.8, 4) is 23.3 Å². The van der Waals surface area contributed by atoms with Gasteiger partial charge in [0.05, 0.1) is 20.3 Å². The van der Waals surface area contributed by atoms with Crippen molar-refractivity contribution in [1.82, 2.24) is 5.32 Å². The smallest absolute Gasteiger partial charge is 0.308 e. The van der Waals surface area contributed by atoms with Crippen molar-refractivity contribution in [3.05, 3.63) is 59.2 Å². The van der Waals surface area contributed by atoms with Crippen molar-refractivity contribution >= 4 is 18.0 Å². The zero-order valence-corrected chi connectivity index (χ0v) is 16.7. The van der Waals surface area contributed by atoms with Gasteiger partial charge in [0.25, 0.3) is 5.91 Å². The van der Waals surface area contributed by atoms with E-state index in [1.807, 2.05) is 43.3 Å². The zero-order chi connectivity index (χ0) is 21.4. The standard InChI is InChI=1S/C22H22N2O5/c1-14(17-8-6-5-7-9-17)24-22(26)18(13-23)10-16-11-19(27-3)21(29-15(2)25)20(12-16)28-4/h5-12,14H,1-4H3,(H,24,26)/t14-/m0/s1. The summed E-state index contributed by atoms with van der Waals surface area (Å²) in [5.74, 6) is -0.439. The summed E-state index contributed by atoms with van der Waals surface area (Å²) in [6.07, 6.45) is 1.41. The summed E-state index contributed by atoms with van der Waals surface area (Å²) in [5, 5.41) is 12.3. The molecule has 7 heteroatoms. The molecule has 29 heavy (non-hydrogen) atoms. The first-order chi connectivity index (χ1) is 13.9. The maximum absolute atomic E-state index is 12.5. The second-order valence-corrected chi connectivity index (χ2v) is 6.12. The average Bonchev–Trinajstić information content (AvgIpc) is 2.72. The topological polar surface area (TPSA) is 97.7 Å². The summed E-state index contributed by atoms with van der Waals surface area (Å²) in [5.41, 5.74) is 1.32. The van der Waals surface area contributed by atoms with Crippen molar-refractivity contribution in [2.45, 2.75) is 19.9 Å². The number of nitrogens with zero attached hydrogens (tertiary/aromatic N) is 1. The van der Waals surface area contributed by atoms with Crippen LogP contribution in [0.4, 0.5) is 0 Å². The van der Waals surface area contributed by atoms with E-state index in [0.717, 1.165) is 5.56 Å². The Morgan fingerprint density at radius 2 is 1.69 bits per heavy atom. The molecule has 7 nitrogen and oxygen atoms in total. The Morgan fingerprint density at radius 1 is 1.10 bits per heavy atom. The number of hydrogen-bond donors (Lipinski definition) is 1. The van der Waals surface area contributed by atoms with Gasteiger partial charge in [0.2, 0.25) is 5.75 Å². The number of hydrogen-bond acceptors (Lipinski definition) is 6. The van der Waals surface area contributed by atoms with Crippen LogP contribution in [-0.2, 0) is 9.59 Å². The number of amides is 1. The third kappa shape index (κ3) is 5.59. The number of nitriles is 1. The van der Waals surface area contributed by atoms with Crippen molar-refractivity contribution in [3.63, 3.8) is 0 Å². The van der Waals surface area contributed by atoms with Gasteiger partial charge in [-0.25, -0.2) is 0 Å². The van der Waals surface area contributed by atoms with Gasteiger partial charge >= 0.3 is 5.97 Å². The molecule has 1 amide bonds. The minimum Gasteiger partial charge on any atom is -0.493 e. The molecule has 0 saturated heterocycles. The highest BCUT2D eigenvalue weighted by Gasteiger charge is 2.18. The Labute approximate surface area is 169 Å². The fourth-order valence-electron chi connectivity index (χ4n) is 2.64. The summed E-state index contributed by atoms with van der Waals surface area (Å²) >= 11 is 0. The van der Waals surface area contributed by atoms with Crippen LogP contribution in [0.5, 0.6) is 17.2 Å². The molecule has 0 radical (unpaired) electrons. The van der Waals surface area contributed by atoms with Crippen molar-refractivity contribution < 1.29 is 23.8 Å². The maximum atomic E-state index is 12.5. The molecule has 0 aromatic heterocycles. The highest BCUT2D eigenvalue weighted by molar-refractivity contribution is 6.02. The minimum absolute atomic E-state index is 0.0860. The van der Waals surface area contributed by atoms with Crippen molar-refractivity contribution in [1.29, 1.82) is 5.26 Å². The highest BCUT2D eigenvalue weighted by atomic mass is 16.6. The van der Waals surface area contributed by atoms with Crippen LogP contribution >= 0.6 is 0 Å². The van der Waals surface area contributed by atoms with Crippen molar-refractivity contribution in [2.24, 2.45) is 0 Å². The van der Waals surface area contributed by atoms with E-state index in [4.69, 9.17) is 14.2 Å². The van der Waals surface area contributed by atoms with Crippen LogP contribution in [0.25, 0.3) is 6.08 Å². The van der Waals surface area contributed by atoms with Crippen LogP contribution in [0.1, 0.15) is 31.0 Å². The predicted octanol–water partition coefficient (Wildman–Crippen LogP) is 3.41. The second-order valence-electron chi connectivity index (χ2n) is 6.12. The fraction of sp³-hybridized carbons (Fsp3) is 0.227. The van der Waals surface area contributed by atoms with E-state index in [2.05, 4.69) is 5.32 Å². The summed E-state index contributed by atoms with van der Waals surface area (Å²) in [6.45, 7) is 3.10. The number of rotatable bonds is 7. The number of carbonyl (C=O) groups excluding carboxylic acids is 2. The molecule has 2 aromatic rings. The lowest BCUT2D eigenvalue weighted by Gasteiger charge is -2.15. The molecular formula is C22H22N2O5. The molecule has 0 unspecified atom stereocenters. The molecule has 0 spiro atoms. The third-order valence-electron chi connectivity index (χ3n) is 4.05. The number of methoxy groups -OCH3 is 2. The van der Waals surface area contributed by atoms with Crippen LogP contribution in [0.2, 0.25) is 0 Å². The van der Waals surface area contributed by atoms with E-state index in [1.165, 1.54) is 27.2 Å². The summed E-state index contributed by atoms with van der Waals surface area (Å²) < 4.78 is 15.7. The number of carbonyl (C=O) groups is 2. The fourth-order valence-corrected chi connectivity index (χ4v) is 2.64. The van der Waals surface area contributed by atoms with Gasteiger partial charge in [-0.2, -0.15) is 5.26 Å². The average molecular weight is 394 g/mol. The van der Waals surface area contributed by atoms with Gasteiger partial charge < -0.3 is 19.5 Å². The zero-order valence-electron chi connectivity index (χ0n) is 16.7. The summed E-state index contributed by atoms with van der Waals surface area (Å²) in [7, 11) is 2.82. The molecule has 2 aromatic carbocycles. The normalized spacial score (nSPS) is 11.8. The van der Waals surface area contributed by atoms with Crippen LogP contribution in [0, 0.1) is 11.3 Å². The Hall–Kier alpha value is -3.79. The van der Waals surface area contributed by atoms with Gasteiger partial charge in [0.1, 0.15) is 11.6 Å². The van der Waals surface area contributed by atoms with Gasteiger partial charge in [0, 0.05) is 6.92 Å². The van der Waals surface area contributed by atoms with Gasteiger partial charge in [-0.15, -0.1) is 0 Å². The van der Waals surface area contributed by atoms with Gasteiger partial charge in [0.15, 0.2) is 11.5 Å². The molecule has 2 rings (SSSR count). The molecule has 0 heterocycles. The Morgan fingerprint density at radius 3 is 2.17 bits per heavy atom. The van der Waals surface area contributed by atoms with E-state index in [-0.39, 0.29) is 28.9 Å². The van der Waals surface area contributed by atoms with Gasteiger partial charge in [-0.1, -0.05) is 30.3 Å². The van der Waals surface area contributed by atoms with Crippen molar-refractivity contribution in [2.75, 3.05) is 14.2 Å². The SMILES string of the molecule is COc1cc(C=C(C#N)C(=O)N[C@@H](C)c2ccccc2)cc(OC)c1OC(C)=O. The van der Waals surface area contributed by atoms with Crippen LogP contribution in [0.15, 0.2) is 48.0 Å². The van der Waals surface area contributed by atoms with E-state index < -0.39 is 11.9 Å². The second kappa shape index (κ2) is 9.95. The van der Waals surface area contributed by atoms with E-state index in [0.29, 0.717) is 5.56 Å². The molecule has 1 atom stereocenters. The van der Waals surface area contributed by atoms with E-state index in [9.17, 15) is 14.9 Å². The van der Waals surface area contributed by atoms with E-state index >= 15 is 0 Å². The first kappa shape index (κ1) is 21.5. The number of nitrogens with one attached hydrogen (secondary N) is 1. The maximum Gasteiger partial charge on any atom is 0.308 e. The number of ether oxygens (including phenoxy) is 3. The molecule has 150 valence electrons. The molecule has 0 saturated carbocycles. The van der Waals surface area contributed by atoms with Gasteiger partial charge in [-0.3, -0.25) is 9.59 Å². The number of benzene rings is 2. The molecule has 0 aliphatic heterocycles. The summed E-state index contributed by atoms with van der Waals surface area (Å²) in [6, 6.07) is 14.2. The lowest BCUT2D eigenvalue weighted by Crippen LogP contribution is -2.27. The Balaban J connectivity index is 2.33. The molecule has 1 N–H and O–H groups in total. The van der Waals surface area contributed by atoms with Crippen LogP contribution in [-0.4, -0.2) is 26.1 Å². The molecule has 0 aliphatic rings. The van der Waals surface area contributed by atoms with Gasteiger partial charge in [-0.05, 0) is 36.3 Å². The molecule has 0 fully saturated rings. The van der Waals surface area contributed by atoms with E-state index in [1.54, 1.807) is 12.1 Å². The number of esters is 1. The molecular weight excluding hydrogens is 372 g/mol. The first-order valence-corrected chi connectivity index (χ1v) is 8.81. The quantitative estimate of drug-likeness (QED) is 0.334. The molecule has 0 aliphatic carbocycles. The lowest BCUT2D eigenvalue weighted by molar-refractivity contribution is -0.132. The largest absolute Gasteiger partial charge is 0.493 e. The third-order valence-corrected chi connectivity index (χ3v) is 4.05. The Bertz CT molecular complexity index is 936. The van der Waals surface area contributed by atoms with Crippen LogP contribution in [0.3, 0.4) is 0 Å². The predicted molar refractivity (Wildman–Crippen MR) is 107 cm³/mol. The highest BCUT2D eigenvalue weighted by Crippen LogP contribution is 2.39. The lowest BCUT2D eigenvalue weighted by atomic mass is 10.1. The van der Waals surface area contributed by atoms with Crippen LogP contribution < -0.4 is 19.5 Å². The minimum atomic E-state index is -0.531. The molecule has 0 bridgehead atoms.